The van der Waals surface area contributed by atoms with E-state index in [-0.39, 0.29) is 34.5 Å². The van der Waals surface area contributed by atoms with Gasteiger partial charge in [-0.15, -0.1) is 0 Å². The molecular weight excluding hydrogens is 432 g/mol. The summed E-state index contributed by atoms with van der Waals surface area (Å²) in [5.41, 5.74) is -0.418. The number of sulfone groups is 1. The Morgan fingerprint density at radius 2 is 1.97 bits per heavy atom. The van der Waals surface area contributed by atoms with Gasteiger partial charge in [0.05, 0.1) is 12.3 Å². The van der Waals surface area contributed by atoms with E-state index < -0.39 is 21.1 Å². The summed E-state index contributed by atoms with van der Waals surface area (Å²) in [7, 11) is -0.850. The van der Waals surface area contributed by atoms with E-state index in [1.54, 1.807) is 18.3 Å². The average Bonchev–Trinajstić information content (AvgIpc) is 3.48. The van der Waals surface area contributed by atoms with Crippen molar-refractivity contribution in [3.63, 3.8) is 0 Å². The minimum Gasteiger partial charge on any atom is -0.370 e. The van der Waals surface area contributed by atoms with E-state index in [4.69, 9.17) is 0 Å². The van der Waals surface area contributed by atoms with Crippen molar-refractivity contribution in [1.29, 1.82) is 0 Å². The first kappa shape index (κ1) is 21.8. The molecule has 0 bridgehead atoms. The van der Waals surface area contributed by atoms with Crippen LogP contribution in [0.25, 0.3) is 11.2 Å². The summed E-state index contributed by atoms with van der Waals surface area (Å²) >= 11 is 0. The number of anilines is 1. The van der Waals surface area contributed by atoms with Crippen molar-refractivity contribution in [2.45, 2.75) is 31.5 Å². The number of aryl methyl sites for hydroxylation is 1. The van der Waals surface area contributed by atoms with Crippen molar-refractivity contribution in [2.24, 2.45) is 20.0 Å². The third-order valence-electron chi connectivity index (χ3n) is 5.33. The second-order valence-electron chi connectivity index (χ2n) is 7.85. The lowest BCUT2D eigenvalue weighted by Gasteiger charge is -2.06. The molecule has 1 aliphatic rings. The van der Waals surface area contributed by atoms with E-state index in [1.165, 1.54) is 23.2 Å². The minimum atomic E-state index is -3.68. The van der Waals surface area contributed by atoms with E-state index in [0.717, 1.165) is 24.0 Å². The molecule has 3 heterocycles. The molecule has 4 rings (SSSR count). The van der Waals surface area contributed by atoms with Crippen LogP contribution < -0.4 is 16.6 Å². The molecule has 0 radical (unpaired) electrons. The van der Waals surface area contributed by atoms with Crippen molar-refractivity contribution in [3.05, 3.63) is 44.7 Å². The Bertz CT molecular complexity index is 1480. The quantitative estimate of drug-likeness (QED) is 0.536. The molecule has 0 spiro atoms. The van der Waals surface area contributed by atoms with Crippen LogP contribution in [-0.4, -0.2) is 44.4 Å². The highest BCUT2D eigenvalue weighted by atomic mass is 32.2. The van der Waals surface area contributed by atoms with Crippen LogP contribution in [0.2, 0.25) is 0 Å². The largest absolute Gasteiger partial charge is 0.370 e. The van der Waals surface area contributed by atoms with Crippen LogP contribution >= 0.6 is 0 Å². The maximum Gasteiger partial charge on any atom is 0.333 e. The predicted octanol–water partition coefficient (Wildman–Crippen LogP) is 0.496. The lowest BCUT2D eigenvalue weighted by atomic mass is 10.2. The molecule has 1 aliphatic carbocycles. The van der Waals surface area contributed by atoms with Crippen LogP contribution in [0, 0.1) is 17.8 Å². The monoisotopic (exact) mass is 456 g/mol. The lowest BCUT2D eigenvalue weighted by molar-refractivity contribution is 0.576. The minimum absolute atomic E-state index is 0.00924. The summed E-state index contributed by atoms with van der Waals surface area (Å²) in [6.45, 7) is 2.63. The van der Waals surface area contributed by atoms with Crippen molar-refractivity contribution < 1.29 is 8.42 Å². The molecule has 0 amide bonds. The van der Waals surface area contributed by atoms with Crippen LogP contribution in [0.1, 0.15) is 25.3 Å². The molecule has 3 aromatic rings. The van der Waals surface area contributed by atoms with Gasteiger partial charge < -0.3 is 9.88 Å². The Labute approximate surface area is 184 Å². The molecule has 10 nitrogen and oxygen atoms in total. The Morgan fingerprint density at radius 1 is 1.22 bits per heavy atom. The fraction of sp³-hybridized carbons (Fsp3) is 0.429. The lowest BCUT2D eigenvalue weighted by Crippen LogP contribution is -2.38. The van der Waals surface area contributed by atoms with Crippen LogP contribution in [0.5, 0.6) is 0 Å². The molecule has 0 aromatic carbocycles. The molecule has 0 unspecified atom stereocenters. The molecule has 1 saturated carbocycles. The second kappa shape index (κ2) is 8.27. The van der Waals surface area contributed by atoms with Gasteiger partial charge in [0.25, 0.3) is 5.56 Å². The van der Waals surface area contributed by atoms with Crippen LogP contribution in [0.15, 0.2) is 33.1 Å². The molecule has 0 atom stereocenters. The third-order valence-corrected chi connectivity index (χ3v) is 7.17. The number of imidazole rings is 1. The first-order chi connectivity index (χ1) is 15.2. The van der Waals surface area contributed by atoms with E-state index in [9.17, 15) is 18.0 Å². The summed E-state index contributed by atoms with van der Waals surface area (Å²) in [6, 6.07) is 3.54. The number of pyridine rings is 1. The topological polar surface area (TPSA) is 121 Å². The van der Waals surface area contributed by atoms with Crippen LogP contribution in [-0.2, 0) is 30.5 Å². The number of fused-ring (bicyclic) bond motifs is 1. The molecular formula is C21H24N6O4S. The fourth-order valence-electron chi connectivity index (χ4n) is 3.51. The Kier molecular flexibility index (Phi) is 5.64. The summed E-state index contributed by atoms with van der Waals surface area (Å²) in [4.78, 5) is 33.9. The number of aromatic nitrogens is 5. The van der Waals surface area contributed by atoms with Gasteiger partial charge in [-0.1, -0.05) is 11.8 Å². The number of nitrogens with one attached hydrogen (secondary N) is 1. The van der Waals surface area contributed by atoms with Crippen LogP contribution in [0.3, 0.4) is 0 Å². The highest BCUT2D eigenvalue weighted by Crippen LogP contribution is 2.32. The Hall–Kier alpha value is -3.39. The molecule has 0 aliphatic heterocycles. The number of hydrogen-bond donors (Lipinski definition) is 1. The normalized spacial score (nSPS) is 13.7. The van der Waals surface area contributed by atoms with Crippen molar-refractivity contribution >= 4 is 26.8 Å². The zero-order valence-electron chi connectivity index (χ0n) is 18.1. The van der Waals surface area contributed by atoms with Crippen molar-refractivity contribution in [3.8, 4) is 11.8 Å². The average molecular weight is 457 g/mol. The van der Waals surface area contributed by atoms with Gasteiger partial charge in [0.2, 0.25) is 15.0 Å². The molecule has 1 fully saturated rings. The zero-order chi connectivity index (χ0) is 23.0. The highest BCUT2D eigenvalue weighted by Gasteiger charge is 2.33. The second-order valence-corrected chi connectivity index (χ2v) is 9.77. The first-order valence-electron chi connectivity index (χ1n) is 10.3. The van der Waals surface area contributed by atoms with E-state index in [1.807, 2.05) is 6.92 Å². The summed E-state index contributed by atoms with van der Waals surface area (Å²) < 4.78 is 29.1. The zero-order valence-corrected chi connectivity index (χ0v) is 18.9. The summed E-state index contributed by atoms with van der Waals surface area (Å²) in [6.07, 6.45) is 3.37. The van der Waals surface area contributed by atoms with Crippen LogP contribution in [0.4, 0.5) is 5.82 Å². The SMILES string of the molecule is CCNc1cc(C#CCn2c(=O)n(C)c(=O)c3c2nc(S(=O)(=O)CC2CC2)n3C)ccn1. The number of nitrogens with zero attached hydrogens (tertiary/aromatic N) is 5. The van der Waals surface area contributed by atoms with E-state index in [2.05, 4.69) is 27.1 Å². The molecule has 11 heteroatoms. The summed E-state index contributed by atoms with van der Waals surface area (Å²) in [5.74, 6) is 6.70. The van der Waals surface area contributed by atoms with Gasteiger partial charge in [0, 0.05) is 32.4 Å². The molecule has 32 heavy (non-hydrogen) atoms. The number of rotatable bonds is 6. The van der Waals surface area contributed by atoms with E-state index in [0.29, 0.717) is 11.4 Å². The van der Waals surface area contributed by atoms with Gasteiger partial charge in [0.1, 0.15) is 5.82 Å². The first-order valence-corrected chi connectivity index (χ1v) is 12.0. The smallest absolute Gasteiger partial charge is 0.333 e. The Balaban J connectivity index is 1.78. The highest BCUT2D eigenvalue weighted by molar-refractivity contribution is 7.91. The fourth-order valence-corrected chi connectivity index (χ4v) is 5.34. The molecule has 168 valence electrons. The van der Waals surface area contributed by atoms with Gasteiger partial charge in [-0.3, -0.25) is 13.9 Å². The van der Waals surface area contributed by atoms with Gasteiger partial charge in [-0.25, -0.2) is 18.2 Å². The van der Waals surface area contributed by atoms with Crippen molar-refractivity contribution in [2.75, 3.05) is 17.6 Å². The molecule has 3 aromatic heterocycles. The standard InChI is InChI=1S/C21H24N6O4S/c1-4-22-16-12-14(9-10-23-16)6-5-11-27-18-17(19(28)26(3)21(27)29)25(2)20(24-18)32(30,31)13-15-7-8-15/h9-10,12,15H,4,7-8,11,13H2,1-3H3,(H,22,23). The third kappa shape index (κ3) is 4.05. The predicted molar refractivity (Wildman–Crippen MR) is 120 cm³/mol. The maximum absolute atomic E-state index is 12.8. The van der Waals surface area contributed by atoms with E-state index >= 15 is 0 Å². The Morgan fingerprint density at radius 3 is 2.66 bits per heavy atom. The maximum atomic E-state index is 12.8. The van der Waals surface area contributed by atoms with Gasteiger partial charge in [-0.2, -0.15) is 4.98 Å². The van der Waals surface area contributed by atoms with Crippen molar-refractivity contribution in [1.82, 2.24) is 23.7 Å². The number of hydrogen-bond acceptors (Lipinski definition) is 7. The van der Waals surface area contributed by atoms with Gasteiger partial charge >= 0.3 is 5.69 Å². The summed E-state index contributed by atoms with van der Waals surface area (Å²) in [5, 5.41) is 2.90. The molecule has 1 N–H and O–H groups in total. The molecule has 0 saturated heterocycles. The van der Waals surface area contributed by atoms with Gasteiger partial charge in [0.15, 0.2) is 11.2 Å². The van der Waals surface area contributed by atoms with Gasteiger partial charge in [-0.05, 0) is 37.8 Å².